The molecule has 0 saturated heterocycles. The van der Waals surface area contributed by atoms with Gasteiger partial charge in [0, 0.05) is 25.6 Å². The lowest BCUT2D eigenvalue weighted by Gasteiger charge is -2.34. The Bertz CT molecular complexity index is 439. The maximum absolute atomic E-state index is 11.6. The van der Waals surface area contributed by atoms with Gasteiger partial charge in [-0.3, -0.25) is 4.90 Å². The van der Waals surface area contributed by atoms with Crippen LogP contribution in [0.1, 0.15) is 17.5 Å². The highest BCUT2D eigenvalue weighted by Gasteiger charge is 2.32. The summed E-state index contributed by atoms with van der Waals surface area (Å²) >= 11 is 5.84. The molecule has 1 aliphatic heterocycles. The Hall–Kier alpha value is -1.33. The first-order valence-corrected chi connectivity index (χ1v) is 5.58. The molecule has 0 radical (unpaired) electrons. The van der Waals surface area contributed by atoms with E-state index in [1.807, 2.05) is 6.07 Å². The zero-order chi connectivity index (χ0) is 12.4. The average Bonchev–Trinajstić information content (AvgIpc) is 2.36. The van der Waals surface area contributed by atoms with Crippen LogP contribution >= 0.6 is 11.6 Å². The third-order valence-electron chi connectivity index (χ3n) is 2.75. The molecule has 6 heteroatoms. The van der Waals surface area contributed by atoms with E-state index < -0.39 is 12.3 Å². The fraction of sp³-hybridized carbons (Fsp3) is 0.455. The second kappa shape index (κ2) is 4.89. The van der Waals surface area contributed by atoms with Crippen LogP contribution in [0.25, 0.3) is 0 Å². The third kappa shape index (κ3) is 2.21. The average molecular weight is 257 g/mol. The quantitative estimate of drug-likeness (QED) is 0.721. The molecular weight excluding hydrogens is 244 g/mol. The molecule has 1 unspecified atom stereocenters. The van der Waals surface area contributed by atoms with Gasteiger partial charge in [-0.2, -0.15) is 0 Å². The number of methoxy groups -OCH3 is 2. The van der Waals surface area contributed by atoms with Crippen LogP contribution in [-0.4, -0.2) is 36.7 Å². The molecule has 1 amide bonds. The van der Waals surface area contributed by atoms with Gasteiger partial charge in [0.05, 0.1) is 12.8 Å². The van der Waals surface area contributed by atoms with Gasteiger partial charge in [-0.15, -0.1) is 0 Å². The van der Waals surface area contributed by atoms with Crippen molar-refractivity contribution < 1.29 is 14.3 Å². The predicted molar refractivity (Wildman–Crippen MR) is 61.8 cm³/mol. The van der Waals surface area contributed by atoms with Crippen molar-refractivity contribution in [2.75, 3.05) is 20.8 Å². The van der Waals surface area contributed by atoms with Crippen molar-refractivity contribution in [2.24, 2.45) is 0 Å². The van der Waals surface area contributed by atoms with Gasteiger partial charge in [0.15, 0.2) is 6.23 Å². The highest BCUT2D eigenvalue weighted by atomic mass is 35.5. The highest BCUT2D eigenvalue weighted by molar-refractivity contribution is 6.29. The Kier molecular flexibility index (Phi) is 3.49. The molecule has 2 heterocycles. The summed E-state index contributed by atoms with van der Waals surface area (Å²) in [4.78, 5) is 17.4. The normalized spacial score (nSPS) is 18.8. The summed E-state index contributed by atoms with van der Waals surface area (Å²) in [5.74, 6) is 0. The number of hydrogen-bond acceptors (Lipinski definition) is 4. The monoisotopic (exact) mass is 256 g/mol. The highest BCUT2D eigenvalue weighted by Crippen LogP contribution is 2.30. The number of nitrogens with zero attached hydrogens (tertiary/aromatic N) is 2. The first-order valence-electron chi connectivity index (χ1n) is 5.20. The third-order valence-corrected chi connectivity index (χ3v) is 2.96. The molecule has 0 N–H and O–H groups in total. The van der Waals surface area contributed by atoms with Crippen LogP contribution < -0.4 is 0 Å². The molecule has 5 nitrogen and oxygen atoms in total. The lowest BCUT2D eigenvalue weighted by atomic mass is 10.0. The number of ether oxygens (including phenoxy) is 2. The van der Waals surface area contributed by atoms with E-state index in [9.17, 15) is 4.79 Å². The fourth-order valence-electron chi connectivity index (χ4n) is 1.98. The number of pyridine rings is 1. The summed E-state index contributed by atoms with van der Waals surface area (Å²) in [7, 11) is 2.90. The van der Waals surface area contributed by atoms with Crippen molar-refractivity contribution in [2.45, 2.75) is 12.6 Å². The largest absolute Gasteiger partial charge is 0.453 e. The van der Waals surface area contributed by atoms with Gasteiger partial charge in [0.2, 0.25) is 0 Å². The van der Waals surface area contributed by atoms with E-state index in [-0.39, 0.29) is 0 Å². The standard InChI is InChI=1S/C11H13ClN2O3/c1-16-10-7-3-4-9(12)13-8(7)5-6-14(10)11(15)17-2/h3-4,10H,5-6H2,1-2H3. The summed E-state index contributed by atoms with van der Waals surface area (Å²) in [6.07, 6.45) is -0.224. The Balaban J connectivity index is 2.36. The molecule has 1 aromatic heterocycles. The zero-order valence-corrected chi connectivity index (χ0v) is 10.4. The fourth-order valence-corrected chi connectivity index (χ4v) is 2.15. The summed E-state index contributed by atoms with van der Waals surface area (Å²) < 4.78 is 10.1. The molecule has 0 aliphatic carbocycles. The van der Waals surface area contributed by atoms with Gasteiger partial charge in [0.1, 0.15) is 5.15 Å². The van der Waals surface area contributed by atoms with Gasteiger partial charge in [-0.25, -0.2) is 9.78 Å². The Labute approximate surface area is 104 Å². The molecule has 0 aromatic carbocycles. The number of carbonyl (C=O) groups is 1. The topological polar surface area (TPSA) is 51.7 Å². The van der Waals surface area contributed by atoms with Crippen molar-refractivity contribution in [1.82, 2.24) is 9.88 Å². The van der Waals surface area contributed by atoms with Crippen LogP contribution in [0.5, 0.6) is 0 Å². The molecule has 17 heavy (non-hydrogen) atoms. The first kappa shape index (κ1) is 12.1. The minimum Gasteiger partial charge on any atom is -0.453 e. The van der Waals surface area contributed by atoms with Gasteiger partial charge in [-0.05, 0) is 12.1 Å². The van der Waals surface area contributed by atoms with Crippen molar-refractivity contribution in [1.29, 1.82) is 0 Å². The lowest BCUT2D eigenvalue weighted by molar-refractivity contribution is -0.0339. The molecule has 1 aliphatic rings. The van der Waals surface area contributed by atoms with E-state index in [4.69, 9.17) is 21.1 Å². The van der Waals surface area contributed by atoms with Crippen molar-refractivity contribution in [3.8, 4) is 0 Å². The molecular formula is C11H13ClN2O3. The Morgan fingerprint density at radius 3 is 2.94 bits per heavy atom. The maximum Gasteiger partial charge on any atom is 0.411 e. The number of fused-ring (bicyclic) bond motifs is 1. The lowest BCUT2D eigenvalue weighted by Crippen LogP contribution is -2.41. The smallest absolute Gasteiger partial charge is 0.411 e. The van der Waals surface area contributed by atoms with E-state index in [0.29, 0.717) is 18.1 Å². The predicted octanol–water partition coefficient (Wildman–Crippen LogP) is 2.00. The van der Waals surface area contributed by atoms with Crippen molar-refractivity contribution in [3.05, 3.63) is 28.5 Å². The molecule has 0 spiro atoms. The Morgan fingerprint density at radius 1 is 1.53 bits per heavy atom. The van der Waals surface area contributed by atoms with Crippen LogP contribution in [0.3, 0.4) is 0 Å². The van der Waals surface area contributed by atoms with Crippen molar-refractivity contribution in [3.63, 3.8) is 0 Å². The molecule has 1 aromatic rings. The van der Waals surface area contributed by atoms with Crippen molar-refractivity contribution >= 4 is 17.7 Å². The molecule has 0 fully saturated rings. The van der Waals surface area contributed by atoms with Gasteiger partial charge >= 0.3 is 6.09 Å². The maximum atomic E-state index is 11.6. The van der Waals surface area contributed by atoms with Crippen LogP contribution in [0.4, 0.5) is 4.79 Å². The van der Waals surface area contributed by atoms with E-state index in [2.05, 4.69) is 4.98 Å². The summed E-state index contributed by atoms with van der Waals surface area (Å²) in [6, 6.07) is 3.52. The number of hydrogen-bond donors (Lipinski definition) is 0. The van der Waals surface area contributed by atoms with E-state index in [0.717, 1.165) is 11.3 Å². The number of halogens is 1. The second-order valence-electron chi connectivity index (χ2n) is 3.67. The SMILES string of the molecule is COC(=O)N1CCc2nc(Cl)ccc2C1OC. The van der Waals surface area contributed by atoms with Gasteiger partial charge < -0.3 is 9.47 Å². The number of rotatable bonds is 1. The van der Waals surface area contributed by atoms with Gasteiger partial charge in [-0.1, -0.05) is 11.6 Å². The Morgan fingerprint density at radius 2 is 2.29 bits per heavy atom. The first-order chi connectivity index (χ1) is 8.17. The van der Waals surface area contributed by atoms with Crippen LogP contribution in [0.15, 0.2) is 12.1 Å². The molecule has 0 saturated carbocycles. The number of amides is 1. The van der Waals surface area contributed by atoms with Crippen LogP contribution in [-0.2, 0) is 15.9 Å². The van der Waals surface area contributed by atoms with E-state index >= 15 is 0 Å². The summed E-state index contributed by atoms with van der Waals surface area (Å²) in [6.45, 7) is 0.505. The minimum atomic E-state index is -0.462. The molecule has 2 rings (SSSR count). The minimum absolute atomic E-state index is 0.405. The van der Waals surface area contributed by atoms with Crippen LogP contribution in [0.2, 0.25) is 5.15 Å². The molecule has 0 bridgehead atoms. The number of aromatic nitrogens is 1. The van der Waals surface area contributed by atoms with E-state index in [1.165, 1.54) is 12.0 Å². The van der Waals surface area contributed by atoms with Gasteiger partial charge in [0.25, 0.3) is 0 Å². The summed E-state index contributed by atoms with van der Waals surface area (Å²) in [5, 5.41) is 0.449. The van der Waals surface area contributed by atoms with Crippen LogP contribution in [0, 0.1) is 0 Å². The molecule has 92 valence electrons. The summed E-state index contributed by atoms with van der Waals surface area (Å²) in [5.41, 5.74) is 1.72. The molecule has 1 atom stereocenters. The number of carbonyl (C=O) groups excluding carboxylic acids is 1. The zero-order valence-electron chi connectivity index (χ0n) is 9.64. The van der Waals surface area contributed by atoms with E-state index in [1.54, 1.807) is 13.2 Å². The second-order valence-corrected chi connectivity index (χ2v) is 4.06.